The van der Waals surface area contributed by atoms with E-state index >= 15 is 0 Å². The molecule has 2 aliphatic rings. The summed E-state index contributed by atoms with van der Waals surface area (Å²) in [4.78, 5) is 20.0. The lowest BCUT2D eigenvalue weighted by Gasteiger charge is -2.28. The molecule has 1 aliphatic heterocycles. The minimum atomic E-state index is -0.672. The van der Waals surface area contributed by atoms with Gasteiger partial charge in [0.2, 0.25) is 11.8 Å². The maximum atomic E-state index is 11.2. The van der Waals surface area contributed by atoms with Gasteiger partial charge in [0.05, 0.1) is 17.0 Å². The number of pyridine rings is 1. The first-order chi connectivity index (χ1) is 18.8. The predicted octanol–water partition coefficient (Wildman–Crippen LogP) is 4.72. The van der Waals surface area contributed by atoms with Crippen molar-refractivity contribution >= 4 is 22.9 Å². The summed E-state index contributed by atoms with van der Waals surface area (Å²) in [5, 5.41) is 14.1. The Kier molecular flexibility index (Phi) is 7.58. The van der Waals surface area contributed by atoms with Crippen LogP contribution >= 0.6 is 0 Å². The first kappa shape index (κ1) is 26.3. The number of nitrogens with zero attached hydrogens (tertiary/aromatic N) is 2. The Bertz CT molecular complexity index is 1440. The first-order valence-electron chi connectivity index (χ1n) is 12.9. The molecule has 8 nitrogen and oxygen atoms in total. The highest BCUT2D eigenvalue weighted by atomic mass is 16.5. The SMILES string of the molecule is CC(C)(Cc1ccc(Oc2ccc(C(N)=O)cn2)cc1)NC[C@H](O)COC1=C2C(=Nc3ccccc32)CC=C1. The molecule has 2 aromatic carbocycles. The van der Waals surface area contributed by atoms with Crippen molar-refractivity contribution in [3.8, 4) is 11.6 Å². The van der Waals surface area contributed by atoms with E-state index in [-0.39, 0.29) is 12.1 Å². The minimum Gasteiger partial charge on any atom is -0.490 e. The summed E-state index contributed by atoms with van der Waals surface area (Å²) in [6.45, 7) is 4.77. The number of hydrogen-bond donors (Lipinski definition) is 3. The number of nitrogens with two attached hydrogens (primary N) is 1. The smallest absolute Gasteiger partial charge is 0.250 e. The number of ether oxygens (including phenoxy) is 2. The van der Waals surface area contributed by atoms with E-state index in [1.807, 2.05) is 54.6 Å². The summed E-state index contributed by atoms with van der Waals surface area (Å²) >= 11 is 0. The minimum absolute atomic E-state index is 0.183. The molecule has 0 saturated carbocycles. The number of para-hydroxylation sites is 1. The lowest BCUT2D eigenvalue weighted by molar-refractivity contribution is 0.0706. The number of aliphatic hydroxyl groups excluding tert-OH is 1. The van der Waals surface area contributed by atoms with E-state index < -0.39 is 12.0 Å². The van der Waals surface area contributed by atoms with Crippen molar-refractivity contribution in [1.82, 2.24) is 10.3 Å². The number of hydrogen-bond acceptors (Lipinski definition) is 7. The van der Waals surface area contributed by atoms with E-state index in [2.05, 4.69) is 30.2 Å². The molecule has 1 aromatic heterocycles. The molecule has 2 heterocycles. The van der Waals surface area contributed by atoms with Crippen molar-refractivity contribution in [3.63, 3.8) is 0 Å². The number of aliphatic hydroxyl groups is 1. The van der Waals surface area contributed by atoms with Crippen LogP contribution in [-0.2, 0) is 11.2 Å². The number of rotatable bonds is 11. The lowest BCUT2D eigenvalue weighted by atomic mass is 9.94. The number of carbonyl (C=O) groups excluding carboxylic acids is 1. The topological polar surface area (TPSA) is 119 Å². The molecule has 0 saturated heterocycles. The number of fused-ring (bicyclic) bond motifs is 3. The number of benzene rings is 2. The molecule has 0 bridgehead atoms. The molecule has 8 heteroatoms. The average Bonchev–Trinajstić information content (AvgIpc) is 3.31. The van der Waals surface area contributed by atoms with Crippen molar-refractivity contribution in [2.45, 2.75) is 38.3 Å². The number of nitrogens with one attached hydrogen (secondary N) is 1. The van der Waals surface area contributed by atoms with Crippen molar-refractivity contribution < 1.29 is 19.4 Å². The van der Waals surface area contributed by atoms with Crippen LogP contribution in [0.3, 0.4) is 0 Å². The Morgan fingerprint density at radius 2 is 1.92 bits per heavy atom. The van der Waals surface area contributed by atoms with Gasteiger partial charge in [-0.3, -0.25) is 9.79 Å². The second kappa shape index (κ2) is 11.2. The quantitative estimate of drug-likeness (QED) is 0.334. The van der Waals surface area contributed by atoms with Crippen LogP contribution in [0.1, 0.15) is 41.8 Å². The summed E-state index contributed by atoms with van der Waals surface area (Å²) in [5.41, 5.74) is 10.5. The highest BCUT2D eigenvalue weighted by molar-refractivity contribution is 6.30. The molecular formula is C31H32N4O4. The van der Waals surface area contributed by atoms with Crippen molar-refractivity contribution in [2.75, 3.05) is 13.2 Å². The summed E-state index contributed by atoms with van der Waals surface area (Å²) in [6.07, 6.45) is 6.27. The van der Waals surface area contributed by atoms with Gasteiger partial charge in [0.25, 0.3) is 0 Å². The van der Waals surface area contributed by atoms with E-state index in [0.29, 0.717) is 23.7 Å². The van der Waals surface area contributed by atoms with Crippen LogP contribution in [-0.4, -0.2) is 46.5 Å². The van der Waals surface area contributed by atoms with Gasteiger partial charge < -0.3 is 25.6 Å². The Balaban J connectivity index is 1.11. The molecule has 39 heavy (non-hydrogen) atoms. The van der Waals surface area contributed by atoms with Gasteiger partial charge in [-0.25, -0.2) is 4.98 Å². The highest BCUT2D eigenvalue weighted by Crippen LogP contribution is 2.39. The van der Waals surface area contributed by atoms with E-state index in [0.717, 1.165) is 46.7 Å². The third kappa shape index (κ3) is 6.42. The molecule has 4 N–H and O–H groups in total. The van der Waals surface area contributed by atoms with Crippen molar-refractivity contribution in [2.24, 2.45) is 10.7 Å². The first-order valence-corrected chi connectivity index (χ1v) is 12.9. The molecule has 0 unspecified atom stereocenters. The fourth-order valence-electron chi connectivity index (χ4n) is 4.64. The van der Waals surface area contributed by atoms with Crippen LogP contribution in [0.2, 0.25) is 0 Å². The fraction of sp³-hybridized carbons (Fsp3) is 0.258. The van der Waals surface area contributed by atoms with Gasteiger partial charge in [-0.2, -0.15) is 0 Å². The van der Waals surface area contributed by atoms with Crippen LogP contribution in [0.5, 0.6) is 11.6 Å². The molecule has 200 valence electrons. The molecule has 0 spiro atoms. The summed E-state index contributed by atoms with van der Waals surface area (Å²) in [5.74, 6) is 1.25. The second-order valence-corrected chi connectivity index (χ2v) is 10.3. The summed E-state index contributed by atoms with van der Waals surface area (Å²) in [7, 11) is 0. The number of aromatic nitrogens is 1. The normalized spacial score (nSPS) is 14.9. The van der Waals surface area contributed by atoms with Gasteiger partial charge in [-0.05, 0) is 56.2 Å². The van der Waals surface area contributed by atoms with Gasteiger partial charge in [0.1, 0.15) is 24.2 Å². The van der Waals surface area contributed by atoms with Crippen molar-refractivity contribution in [3.05, 3.63) is 101 Å². The predicted molar refractivity (Wildman–Crippen MR) is 151 cm³/mol. The molecule has 0 radical (unpaired) electrons. The second-order valence-electron chi connectivity index (χ2n) is 10.3. The molecule has 1 amide bonds. The maximum absolute atomic E-state index is 11.2. The number of β-amino-alcohol motifs (C(OH)–C–C–N with tert-alkyl or cyclic N) is 1. The van der Waals surface area contributed by atoms with Crippen molar-refractivity contribution in [1.29, 1.82) is 0 Å². The molecule has 1 aliphatic carbocycles. The molecule has 3 aromatic rings. The third-order valence-corrected chi connectivity index (χ3v) is 6.60. The van der Waals surface area contributed by atoms with Gasteiger partial charge in [-0.15, -0.1) is 0 Å². The molecule has 5 rings (SSSR count). The summed E-state index contributed by atoms with van der Waals surface area (Å²) < 4.78 is 11.8. The van der Waals surface area contributed by atoms with Crippen LogP contribution < -0.4 is 15.8 Å². The average molecular weight is 525 g/mol. The number of allylic oxidation sites excluding steroid dienone is 3. The Labute approximate surface area is 227 Å². The van der Waals surface area contributed by atoms with Gasteiger partial charge >= 0.3 is 0 Å². The maximum Gasteiger partial charge on any atom is 0.250 e. The summed E-state index contributed by atoms with van der Waals surface area (Å²) in [6, 6.07) is 19.0. The zero-order valence-electron chi connectivity index (χ0n) is 22.1. The number of amides is 1. The highest BCUT2D eigenvalue weighted by Gasteiger charge is 2.26. The fourth-order valence-corrected chi connectivity index (χ4v) is 4.64. The molecule has 1 atom stereocenters. The number of aliphatic imine (C=N–C) groups is 1. The lowest BCUT2D eigenvalue weighted by Crippen LogP contribution is -2.46. The van der Waals surface area contributed by atoms with Gasteiger partial charge in [-0.1, -0.05) is 36.4 Å². The van der Waals surface area contributed by atoms with E-state index in [1.165, 1.54) is 6.20 Å². The largest absolute Gasteiger partial charge is 0.490 e. The van der Waals surface area contributed by atoms with Gasteiger partial charge in [0.15, 0.2) is 0 Å². The number of primary amides is 1. The zero-order chi connectivity index (χ0) is 27.4. The zero-order valence-corrected chi connectivity index (χ0v) is 22.1. The molecule has 0 fully saturated rings. The van der Waals surface area contributed by atoms with Crippen LogP contribution in [0.25, 0.3) is 5.57 Å². The van der Waals surface area contributed by atoms with Crippen LogP contribution in [0.4, 0.5) is 5.69 Å². The Hall–Kier alpha value is -4.27. The van der Waals surface area contributed by atoms with Crippen LogP contribution in [0, 0.1) is 0 Å². The van der Waals surface area contributed by atoms with E-state index in [1.54, 1.807) is 12.1 Å². The van der Waals surface area contributed by atoms with Crippen LogP contribution in [0.15, 0.2) is 89.8 Å². The standard InChI is InChI=1S/C31H32N4O4/c1-31(2,16-20-10-13-23(14-11-20)39-28-15-12-21(17-33-28)30(32)37)34-18-22(36)19-38-27-9-5-8-26-29(27)24-6-3-4-7-25(24)35-26/h3-7,9-15,17,22,34,36H,8,16,18-19H2,1-2H3,(H2,32,37)/t22-/m0/s1. The van der Waals surface area contributed by atoms with E-state index in [9.17, 15) is 9.90 Å². The Morgan fingerprint density at radius 1 is 1.13 bits per heavy atom. The Morgan fingerprint density at radius 3 is 2.67 bits per heavy atom. The third-order valence-electron chi connectivity index (χ3n) is 6.60. The van der Waals surface area contributed by atoms with E-state index in [4.69, 9.17) is 20.2 Å². The monoisotopic (exact) mass is 524 g/mol. The van der Waals surface area contributed by atoms with Gasteiger partial charge in [0, 0.05) is 41.9 Å². The number of carbonyl (C=O) groups is 1. The molecular weight excluding hydrogens is 492 g/mol.